The molecule has 2 aromatic carbocycles. The van der Waals surface area contributed by atoms with Crippen molar-refractivity contribution in [1.29, 1.82) is 0 Å². The van der Waals surface area contributed by atoms with E-state index in [0.29, 0.717) is 37.7 Å². The Labute approximate surface area is 206 Å². The van der Waals surface area contributed by atoms with E-state index in [2.05, 4.69) is 5.32 Å². The van der Waals surface area contributed by atoms with Gasteiger partial charge < -0.3 is 14.8 Å². The van der Waals surface area contributed by atoms with Crippen molar-refractivity contribution < 1.29 is 31.1 Å². The Morgan fingerprint density at radius 3 is 2.31 bits per heavy atom. The van der Waals surface area contributed by atoms with Crippen LogP contribution in [-0.4, -0.2) is 79.3 Å². The Kier molecular flexibility index (Phi) is 8.75. The van der Waals surface area contributed by atoms with E-state index in [1.54, 1.807) is 31.2 Å². The van der Waals surface area contributed by atoms with Crippen molar-refractivity contribution in [2.75, 3.05) is 56.6 Å². The minimum atomic E-state index is -3.66. The molecule has 0 aliphatic carbocycles. The Morgan fingerprint density at radius 1 is 1.06 bits per heavy atom. The fraction of sp³-hybridized carbons (Fsp3) is 0.435. The van der Waals surface area contributed by atoms with Crippen LogP contribution in [0.3, 0.4) is 0 Å². The van der Waals surface area contributed by atoms with Gasteiger partial charge in [0.15, 0.2) is 0 Å². The number of amides is 1. The van der Waals surface area contributed by atoms with Crippen molar-refractivity contribution in [2.24, 2.45) is 0 Å². The van der Waals surface area contributed by atoms with Gasteiger partial charge in [0, 0.05) is 13.1 Å². The summed E-state index contributed by atoms with van der Waals surface area (Å²) < 4.78 is 63.2. The number of rotatable bonds is 10. The van der Waals surface area contributed by atoms with Crippen LogP contribution in [0.4, 0.5) is 5.69 Å². The summed E-state index contributed by atoms with van der Waals surface area (Å²) in [4.78, 5) is 12.6. The number of benzene rings is 2. The van der Waals surface area contributed by atoms with Gasteiger partial charge in [0.1, 0.15) is 18.9 Å². The molecule has 3 rings (SSSR count). The van der Waals surface area contributed by atoms with E-state index < -0.39 is 26.0 Å². The first-order chi connectivity index (χ1) is 16.5. The Balaban J connectivity index is 1.51. The standard InChI is InChI=1S/C23H31N3O7S2/c1-18-4-9-22(19(2)16-18)26(34(3,28)29)17-23(27)24-10-13-33-20-5-7-21(8-6-20)35(30,31)25-11-14-32-15-12-25/h4-9,16H,10-15,17H2,1-3H3,(H,24,27). The molecular formula is C23H31N3O7S2. The van der Waals surface area contributed by atoms with Crippen LogP contribution in [-0.2, 0) is 29.6 Å². The van der Waals surface area contributed by atoms with Crippen LogP contribution in [0.1, 0.15) is 11.1 Å². The summed E-state index contributed by atoms with van der Waals surface area (Å²) in [7, 11) is -7.25. The third-order valence-corrected chi connectivity index (χ3v) is 8.47. The molecule has 35 heavy (non-hydrogen) atoms. The van der Waals surface area contributed by atoms with Crippen LogP contribution in [0.2, 0.25) is 0 Å². The maximum absolute atomic E-state index is 12.7. The summed E-state index contributed by atoms with van der Waals surface area (Å²) in [5, 5.41) is 2.65. The predicted molar refractivity (Wildman–Crippen MR) is 133 cm³/mol. The second-order valence-electron chi connectivity index (χ2n) is 8.25. The lowest BCUT2D eigenvalue weighted by atomic mass is 10.1. The van der Waals surface area contributed by atoms with Gasteiger partial charge in [-0.05, 0) is 49.7 Å². The highest BCUT2D eigenvalue weighted by atomic mass is 32.2. The minimum Gasteiger partial charge on any atom is -0.492 e. The van der Waals surface area contributed by atoms with Crippen molar-refractivity contribution in [3.63, 3.8) is 0 Å². The fourth-order valence-corrected chi connectivity index (χ4v) is 5.98. The molecule has 1 fully saturated rings. The maximum atomic E-state index is 12.7. The molecule has 1 amide bonds. The van der Waals surface area contributed by atoms with E-state index >= 15 is 0 Å². The van der Waals surface area contributed by atoms with Gasteiger partial charge in [-0.25, -0.2) is 16.8 Å². The quantitative estimate of drug-likeness (QED) is 0.464. The fourth-order valence-electron chi connectivity index (χ4n) is 3.66. The Bertz CT molecular complexity index is 1240. The summed E-state index contributed by atoms with van der Waals surface area (Å²) >= 11 is 0. The molecule has 1 aliphatic heterocycles. The van der Waals surface area contributed by atoms with Crippen molar-refractivity contribution in [1.82, 2.24) is 9.62 Å². The van der Waals surface area contributed by atoms with Crippen LogP contribution >= 0.6 is 0 Å². The highest BCUT2D eigenvalue weighted by Gasteiger charge is 2.26. The number of carbonyl (C=O) groups excluding carboxylic acids is 1. The van der Waals surface area contributed by atoms with Crippen molar-refractivity contribution in [3.05, 3.63) is 53.6 Å². The van der Waals surface area contributed by atoms with Crippen LogP contribution in [0.15, 0.2) is 47.4 Å². The van der Waals surface area contributed by atoms with Gasteiger partial charge in [0.05, 0.1) is 36.6 Å². The molecule has 0 unspecified atom stereocenters. The Morgan fingerprint density at radius 2 is 1.71 bits per heavy atom. The molecule has 10 nitrogen and oxygen atoms in total. The Hall–Kier alpha value is -2.67. The molecule has 1 aliphatic rings. The van der Waals surface area contributed by atoms with Crippen molar-refractivity contribution >= 4 is 31.6 Å². The molecule has 0 aromatic heterocycles. The van der Waals surface area contributed by atoms with Crippen molar-refractivity contribution in [2.45, 2.75) is 18.7 Å². The van der Waals surface area contributed by atoms with E-state index in [0.717, 1.165) is 21.7 Å². The van der Waals surface area contributed by atoms with Gasteiger partial charge in [-0.3, -0.25) is 9.10 Å². The summed E-state index contributed by atoms with van der Waals surface area (Å²) in [6, 6.07) is 11.4. The molecule has 12 heteroatoms. The molecule has 1 saturated heterocycles. The van der Waals surface area contributed by atoms with E-state index in [1.165, 1.54) is 16.4 Å². The molecule has 0 saturated carbocycles. The number of morpholine rings is 1. The molecule has 0 spiro atoms. The number of nitrogens with one attached hydrogen (secondary N) is 1. The first-order valence-electron chi connectivity index (χ1n) is 11.1. The van der Waals surface area contributed by atoms with E-state index in [-0.39, 0.29) is 24.6 Å². The summed E-state index contributed by atoms with van der Waals surface area (Å²) in [6.07, 6.45) is 1.06. The zero-order chi connectivity index (χ0) is 25.6. The van der Waals surface area contributed by atoms with E-state index in [9.17, 15) is 21.6 Å². The van der Waals surface area contributed by atoms with Gasteiger partial charge in [-0.15, -0.1) is 0 Å². The number of ether oxygens (including phenoxy) is 2. The molecule has 0 radical (unpaired) electrons. The second kappa shape index (κ2) is 11.4. The third-order valence-electron chi connectivity index (χ3n) is 5.43. The lowest BCUT2D eigenvalue weighted by Crippen LogP contribution is -2.41. The van der Waals surface area contributed by atoms with Gasteiger partial charge in [0.2, 0.25) is 26.0 Å². The van der Waals surface area contributed by atoms with Crippen molar-refractivity contribution in [3.8, 4) is 5.75 Å². The lowest BCUT2D eigenvalue weighted by Gasteiger charge is -2.26. The third kappa shape index (κ3) is 7.17. The predicted octanol–water partition coefficient (Wildman–Crippen LogP) is 1.29. The van der Waals surface area contributed by atoms with Crippen LogP contribution in [0.25, 0.3) is 0 Å². The number of hydrogen-bond acceptors (Lipinski definition) is 7. The summed E-state index contributed by atoms with van der Waals surface area (Å²) in [6.45, 7) is 5.02. The molecule has 2 aromatic rings. The first-order valence-corrected chi connectivity index (χ1v) is 14.4. The van der Waals surface area contributed by atoms with Crippen LogP contribution in [0.5, 0.6) is 5.75 Å². The van der Waals surface area contributed by atoms with Gasteiger partial charge >= 0.3 is 0 Å². The van der Waals surface area contributed by atoms with E-state index in [1.807, 2.05) is 13.0 Å². The number of anilines is 1. The molecule has 0 atom stereocenters. The molecule has 1 heterocycles. The number of sulfonamides is 2. The first kappa shape index (κ1) is 26.9. The van der Waals surface area contributed by atoms with Crippen LogP contribution in [0, 0.1) is 13.8 Å². The number of aryl methyl sites for hydroxylation is 2. The summed E-state index contributed by atoms with van der Waals surface area (Å²) in [5.74, 6) is -0.0147. The monoisotopic (exact) mass is 525 g/mol. The number of carbonyl (C=O) groups is 1. The van der Waals surface area contributed by atoms with Gasteiger partial charge in [-0.1, -0.05) is 17.7 Å². The maximum Gasteiger partial charge on any atom is 0.243 e. The lowest BCUT2D eigenvalue weighted by molar-refractivity contribution is -0.119. The van der Waals surface area contributed by atoms with Crippen LogP contribution < -0.4 is 14.4 Å². The largest absolute Gasteiger partial charge is 0.492 e. The number of hydrogen-bond donors (Lipinski definition) is 1. The zero-order valence-electron chi connectivity index (χ0n) is 20.1. The normalized spacial score (nSPS) is 14.9. The van der Waals surface area contributed by atoms with Gasteiger partial charge in [0.25, 0.3) is 0 Å². The average Bonchev–Trinajstić information content (AvgIpc) is 2.81. The highest BCUT2D eigenvalue weighted by molar-refractivity contribution is 7.92. The van der Waals surface area contributed by atoms with E-state index in [4.69, 9.17) is 9.47 Å². The molecular weight excluding hydrogens is 494 g/mol. The smallest absolute Gasteiger partial charge is 0.243 e. The molecule has 0 bridgehead atoms. The zero-order valence-corrected chi connectivity index (χ0v) is 21.7. The highest BCUT2D eigenvalue weighted by Crippen LogP contribution is 2.23. The topological polar surface area (TPSA) is 122 Å². The SMILES string of the molecule is Cc1ccc(N(CC(=O)NCCOc2ccc(S(=O)(=O)N3CCOCC3)cc2)S(C)(=O)=O)c(C)c1. The molecule has 192 valence electrons. The molecule has 1 N–H and O–H groups in total. The van der Waals surface area contributed by atoms with Gasteiger partial charge in [-0.2, -0.15) is 4.31 Å². The number of nitrogens with zero attached hydrogens (tertiary/aromatic N) is 2. The average molecular weight is 526 g/mol. The summed E-state index contributed by atoms with van der Waals surface area (Å²) in [5.41, 5.74) is 2.20. The minimum absolute atomic E-state index is 0.129. The second-order valence-corrected chi connectivity index (χ2v) is 12.1.